The summed E-state index contributed by atoms with van der Waals surface area (Å²) in [5.41, 5.74) is 4.99. The van der Waals surface area contributed by atoms with Crippen LogP contribution in [0, 0.1) is 11.8 Å². The Kier molecular flexibility index (Phi) is 4.64. The van der Waals surface area contributed by atoms with Gasteiger partial charge in [-0.3, -0.25) is 5.10 Å². The third-order valence-electron chi connectivity index (χ3n) is 4.32. The van der Waals surface area contributed by atoms with E-state index < -0.39 is 0 Å². The molecule has 4 aromatic heterocycles. The molecule has 0 bridgehead atoms. The number of nitrogens with zero attached hydrogens (tertiary/aromatic N) is 4. The molecular weight excluding hydrogens is 378 g/mol. The maximum atomic E-state index is 5.95. The number of nitrogens with one attached hydrogen (secondary N) is 1. The Morgan fingerprint density at radius 2 is 1.93 bits per heavy atom. The number of ether oxygens (including phenoxy) is 1. The smallest absolute Gasteiger partial charge is 0.250 e. The van der Waals surface area contributed by atoms with Crippen molar-refractivity contribution in [2.75, 3.05) is 0 Å². The lowest BCUT2D eigenvalue weighted by atomic mass is 10.1. The van der Waals surface area contributed by atoms with Gasteiger partial charge in [-0.25, -0.2) is 15.0 Å². The van der Waals surface area contributed by atoms with Gasteiger partial charge in [0.05, 0.1) is 23.2 Å². The number of pyridine rings is 1. The van der Waals surface area contributed by atoms with Crippen molar-refractivity contribution in [3.05, 3.63) is 90.3 Å². The molecular formula is C23H15N5O2. The maximum Gasteiger partial charge on any atom is 0.250 e. The average Bonchev–Trinajstić information content (AvgIpc) is 3.49. The average molecular weight is 393 g/mol. The largest absolute Gasteiger partial charge is 0.471 e. The lowest BCUT2D eigenvalue weighted by molar-refractivity contribution is 0.288. The Balaban J connectivity index is 1.43. The van der Waals surface area contributed by atoms with E-state index in [1.807, 2.05) is 42.5 Å². The molecule has 1 aromatic carbocycles. The SMILES string of the molecule is C(#Cc1nc2ncccc2nc1OCc1cc(-c2ccccc2)n[nH]1)c1ccoc1. The monoisotopic (exact) mass is 393 g/mol. The summed E-state index contributed by atoms with van der Waals surface area (Å²) in [6.45, 7) is 0.251. The molecule has 0 amide bonds. The second-order valence-electron chi connectivity index (χ2n) is 6.42. The molecule has 7 nitrogen and oxygen atoms in total. The molecule has 0 aliphatic heterocycles. The van der Waals surface area contributed by atoms with Crippen LogP contribution < -0.4 is 4.74 Å². The number of hydrogen-bond acceptors (Lipinski definition) is 6. The number of fused-ring (bicyclic) bond motifs is 1. The molecule has 5 aromatic rings. The van der Waals surface area contributed by atoms with Crippen molar-refractivity contribution >= 4 is 11.2 Å². The minimum absolute atomic E-state index is 0.251. The summed E-state index contributed by atoms with van der Waals surface area (Å²) in [4.78, 5) is 13.3. The molecule has 0 aliphatic rings. The fourth-order valence-corrected chi connectivity index (χ4v) is 2.87. The Labute approximate surface area is 171 Å². The molecule has 5 rings (SSSR count). The molecule has 0 aliphatic carbocycles. The summed E-state index contributed by atoms with van der Waals surface area (Å²) in [6.07, 6.45) is 4.80. The molecule has 0 radical (unpaired) electrons. The fraction of sp³-hybridized carbons (Fsp3) is 0.0435. The second kappa shape index (κ2) is 7.89. The zero-order chi connectivity index (χ0) is 20.2. The Morgan fingerprint density at radius 3 is 2.80 bits per heavy atom. The number of rotatable bonds is 4. The van der Waals surface area contributed by atoms with Gasteiger partial charge in [0.2, 0.25) is 5.88 Å². The van der Waals surface area contributed by atoms with Crippen molar-refractivity contribution in [3.8, 4) is 29.0 Å². The highest BCUT2D eigenvalue weighted by Crippen LogP contribution is 2.20. The van der Waals surface area contributed by atoms with Crippen molar-refractivity contribution in [1.82, 2.24) is 25.1 Å². The van der Waals surface area contributed by atoms with Crippen LogP contribution in [0.3, 0.4) is 0 Å². The van der Waals surface area contributed by atoms with Gasteiger partial charge in [0.25, 0.3) is 0 Å². The first-order chi connectivity index (χ1) is 14.8. The zero-order valence-electron chi connectivity index (χ0n) is 15.7. The number of furan rings is 1. The van der Waals surface area contributed by atoms with Crippen LogP contribution in [0.4, 0.5) is 0 Å². The van der Waals surface area contributed by atoms with Crippen molar-refractivity contribution in [3.63, 3.8) is 0 Å². The predicted molar refractivity (Wildman–Crippen MR) is 110 cm³/mol. The molecule has 4 heterocycles. The minimum atomic E-state index is 0.251. The summed E-state index contributed by atoms with van der Waals surface area (Å²) >= 11 is 0. The quantitative estimate of drug-likeness (QED) is 0.465. The van der Waals surface area contributed by atoms with Crippen LogP contribution in [0.2, 0.25) is 0 Å². The second-order valence-corrected chi connectivity index (χ2v) is 6.42. The number of hydrogen-bond donors (Lipinski definition) is 1. The molecule has 0 saturated carbocycles. The third-order valence-corrected chi connectivity index (χ3v) is 4.32. The predicted octanol–water partition coefficient (Wildman–Crippen LogP) is 3.99. The Morgan fingerprint density at radius 1 is 1.00 bits per heavy atom. The van der Waals surface area contributed by atoms with Crippen LogP contribution in [-0.2, 0) is 6.61 Å². The molecule has 0 fully saturated rings. The van der Waals surface area contributed by atoms with Gasteiger partial charge in [-0.1, -0.05) is 36.3 Å². The number of aromatic nitrogens is 5. The Hall–Kier alpha value is -4.44. The van der Waals surface area contributed by atoms with E-state index in [1.165, 1.54) is 0 Å². The summed E-state index contributed by atoms with van der Waals surface area (Å²) < 4.78 is 11.0. The summed E-state index contributed by atoms with van der Waals surface area (Å²) in [5, 5.41) is 7.35. The van der Waals surface area contributed by atoms with Gasteiger partial charge >= 0.3 is 0 Å². The van der Waals surface area contributed by atoms with E-state index in [4.69, 9.17) is 9.15 Å². The highest BCUT2D eigenvalue weighted by molar-refractivity contribution is 5.71. The van der Waals surface area contributed by atoms with Crippen molar-refractivity contribution in [2.24, 2.45) is 0 Å². The van der Waals surface area contributed by atoms with Gasteiger partial charge in [0.15, 0.2) is 11.3 Å². The molecule has 0 unspecified atom stereocenters. The van der Waals surface area contributed by atoms with Gasteiger partial charge in [0, 0.05) is 11.8 Å². The van der Waals surface area contributed by atoms with Crippen LogP contribution in [0.1, 0.15) is 17.0 Å². The van der Waals surface area contributed by atoms with Crippen LogP contribution in [-0.4, -0.2) is 25.1 Å². The van der Waals surface area contributed by atoms with Crippen LogP contribution in [0.25, 0.3) is 22.4 Å². The molecule has 0 atom stereocenters. The summed E-state index contributed by atoms with van der Waals surface area (Å²) in [5.74, 6) is 6.33. The van der Waals surface area contributed by atoms with Crippen LogP contribution >= 0.6 is 0 Å². The number of H-pyrrole nitrogens is 1. The van der Waals surface area contributed by atoms with Crippen molar-refractivity contribution < 1.29 is 9.15 Å². The fourth-order valence-electron chi connectivity index (χ4n) is 2.87. The standard InChI is InChI=1S/C23H15N5O2/c1-2-5-17(6-3-1)21-13-18(27-28-21)15-30-23-20(9-8-16-10-12-29-14-16)25-22-19(26-23)7-4-11-24-22/h1-7,10-14H,15H2,(H,27,28). The molecule has 0 saturated heterocycles. The van der Waals surface area contributed by atoms with E-state index in [0.717, 1.165) is 22.5 Å². The van der Waals surface area contributed by atoms with E-state index in [0.29, 0.717) is 22.7 Å². The highest BCUT2D eigenvalue weighted by atomic mass is 16.5. The van der Waals surface area contributed by atoms with E-state index in [9.17, 15) is 0 Å². The van der Waals surface area contributed by atoms with Gasteiger partial charge in [0.1, 0.15) is 18.4 Å². The Bertz CT molecular complexity index is 1350. The zero-order valence-corrected chi connectivity index (χ0v) is 15.7. The van der Waals surface area contributed by atoms with Crippen molar-refractivity contribution in [1.29, 1.82) is 0 Å². The van der Waals surface area contributed by atoms with Crippen LogP contribution in [0.15, 0.2) is 77.7 Å². The third kappa shape index (κ3) is 3.75. The van der Waals surface area contributed by atoms with Gasteiger partial charge < -0.3 is 9.15 Å². The number of aromatic amines is 1. The van der Waals surface area contributed by atoms with Crippen molar-refractivity contribution in [2.45, 2.75) is 6.61 Å². The van der Waals surface area contributed by atoms with Gasteiger partial charge in [-0.05, 0) is 30.2 Å². The lowest BCUT2D eigenvalue weighted by Crippen LogP contribution is -2.03. The maximum absolute atomic E-state index is 5.95. The first kappa shape index (κ1) is 17.6. The minimum Gasteiger partial charge on any atom is -0.471 e. The van der Waals surface area contributed by atoms with E-state index in [1.54, 1.807) is 30.9 Å². The van der Waals surface area contributed by atoms with Crippen LogP contribution in [0.5, 0.6) is 5.88 Å². The molecule has 144 valence electrons. The lowest BCUT2D eigenvalue weighted by Gasteiger charge is -2.06. The topological polar surface area (TPSA) is 89.7 Å². The summed E-state index contributed by atoms with van der Waals surface area (Å²) in [6, 6.07) is 17.3. The van der Waals surface area contributed by atoms with Gasteiger partial charge in [-0.15, -0.1) is 0 Å². The number of benzene rings is 1. The first-order valence-electron chi connectivity index (χ1n) is 9.25. The first-order valence-corrected chi connectivity index (χ1v) is 9.25. The van der Waals surface area contributed by atoms with E-state index in [2.05, 4.69) is 37.0 Å². The van der Waals surface area contributed by atoms with E-state index in [-0.39, 0.29) is 6.61 Å². The molecule has 0 spiro atoms. The highest BCUT2D eigenvalue weighted by Gasteiger charge is 2.11. The normalized spacial score (nSPS) is 10.5. The molecule has 7 heteroatoms. The van der Waals surface area contributed by atoms with E-state index >= 15 is 0 Å². The molecule has 30 heavy (non-hydrogen) atoms. The summed E-state index contributed by atoms with van der Waals surface area (Å²) in [7, 11) is 0. The van der Waals surface area contributed by atoms with Gasteiger partial charge in [-0.2, -0.15) is 5.10 Å². The molecule has 1 N–H and O–H groups in total.